The maximum absolute atomic E-state index is 12.1. The van der Waals surface area contributed by atoms with Gasteiger partial charge in [0.05, 0.1) is 3.79 Å². The van der Waals surface area contributed by atoms with E-state index < -0.39 is 0 Å². The Morgan fingerprint density at radius 3 is 2.70 bits per heavy atom. The van der Waals surface area contributed by atoms with Crippen molar-refractivity contribution in [2.75, 3.05) is 5.32 Å². The van der Waals surface area contributed by atoms with Crippen molar-refractivity contribution in [3.05, 3.63) is 56.7 Å². The van der Waals surface area contributed by atoms with Gasteiger partial charge in [0.25, 0.3) is 0 Å². The molecule has 0 fully saturated rings. The number of benzene rings is 1. The monoisotopic (exact) mass is 349 g/mol. The predicted octanol–water partition coefficient (Wildman–Crippen LogP) is 4.37. The van der Waals surface area contributed by atoms with E-state index in [-0.39, 0.29) is 11.7 Å². The van der Waals surface area contributed by atoms with Gasteiger partial charge in [0.1, 0.15) is 0 Å². The summed E-state index contributed by atoms with van der Waals surface area (Å²) in [6.07, 6.45) is 3.31. The number of hydrogen-bond donors (Lipinski definition) is 1. The number of ketones is 1. The Hall–Kier alpha value is -1.72. The summed E-state index contributed by atoms with van der Waals surface area (Å²) in [4.78, 5) is 24.1. The minimum atomic E-state index is -0.159. The number of carbonyl (C=O) groups is 2. The normalized spacial score (nSPS) is 10.7. The van der Waals surface area contributed by atoms with Gasteiger partial charge in [-0.3, -0.25) is 9.59 Å². The van der Waals surface area contributed by atoms with Crippen molar-refractivity contribution >= 4 is 50.7 Å². The van der Waals surface area contributed by atoms with Crippen LogP contribution in [0.2, 0.25) is 0 Å². The van der Waals surface area contributed by atoms with Crippen LogP contribution in [0.3, 0.4) is 0 Å². The number of carbonyl (C=O) groups excluding carboxylic acids is 2. The van der Waals surface area contributed by atoms with Gasteiger partial charge in [0, 0.05) is 23.1 Å². The van der Waals surface area contributed by atoms with E-state index in [0.29, 0.717) is 11.3 Å². The van der Waals surface area contributed by atoms with Crippen LogP contribution in [0.1, 0.15) is 22.2 Å². The maximum atomic E-state index is 12.1. The zero-order valence-electron chi connectivity index (χ0n) is 10.7. The van der Waals surface area contributed by atoms with Crippen molar-refractivity contribution < 1.29 is 9.59 Å². The molecule has 5 heteroatoms. The molecular formula is C15H12BrNO2S. The summed E-state index contributed by atoms with van der Waals surface area (Å²) in [5, 5.41) is 2.66. The van der Waals surface area contributed by atoms with E-state index in [1.54, 1.807) is 41.7 Å². The molecule has 0 saturated carbocycles. The topological polar surface area (TPSA) is 46.2 Å². The highest BCUT2D eigenvalue weighted by Gasteiger charge is 2.04. The zero-order chi connectivity index (χ0) is 14.5. The number of amides is 1. The van der Waals surface area contributed by atoms with Gasteiger partial charge in [-0.05, 0) is 52.3 Å². The lowest BCUT2D eigenvalue weighted by Crippen LogP contribution is -2.06. The second kappa shape index (κ2) is 6.63. The van der Waals surface area contributed by atoms with E-state index in [0.717, 1.165) is 8.66 Å². The first kappa shape index (κ1) is 14.7. The highest BCUT2D eigenvalue weighted by Crippen LogP contribution is 2.23. The summed E-state index contributed by atoms with van der Waals surface area (Å²) in [5.74, 6) is -0.254. The lowest BCUT2D eigenvalue weighted by molar-refractivity contribution is -0.114. The van der Waals surface area contributed by atoms with Crippen LogP contribution < -0.4 is 5.32 Å². The minimum absolute atomic E-state index is 0.0956. The smallest absolute Gasteiger partial charge is 0.221 e. The van der Waals surface area contributed by atoms with Gasteiger partial charge in [-0.25, -0.2) is 0 Å². The molecule has 1 N–H and O–H groups in total. The van der Waals surface area contributed by atoms with Crippen LogP contribution in [-0.2, 0) is 4.79 Å². The number of halogens is 1. The van der Waals surface area contributed by atoms with E-state index in [9.17, 15) is 9.59 Å². The van der Waals surface area contributed by atoms with Gasteiger partial charge in [-0.1, -0.05) is 12.1 Å². The van der Waals surface area contributed by atoms with Crippen molar-refractivity contribution in [3.8, 4) is 0 Å². The average molecular weight is 350 g/mol. The van der Waals surface area contributed by atoms with Crippen LogP contribution >= 0.6 is 27.3 Å². The van der Waals surface area contributed by atoms with Crippen molar-refractivity contribution in [2.45, 2.75) is 6.92 Å². The Bertz CT molecular complexity index is 676. The first-order valence-electron chi connectivity index (χ1n) is 5.90. The summed E-state index contributed by atoms with van der Waals surface area (Å²) in [6, 6.07) is 10.8. The second-order valence-electron chi connectivity index (χ2n) is 4.10. The summed E-state index contributed by atoms with van der Waals surface area (Å²) in [6.45, 7) is 1.43. The Kier molecular flexibility index (Phi) is 4.87. The third kappa shape index (κ3) is 4.15. The molecule has 0 bridgehead atoms. The fraction of sp³-hybridized carbons (Fsp3) is 0.0667. The molecule has 102 valence electrons. The number of anilines is 1. The number of hydrogen-bond acceptors (Lipinski definition) is 3. The lowest BCUT2D eigenvalue weighted by Gasteiger charge is -2.03. The van der Waals surface area contributed by atoms with Gasteiger partial charge >= 0.3 is 0 Å². The number of rotatable bonds is 4. The molecule has 0 atom stereocenters. The number of nitrogens with one attached hydrogen (secondary N) is 1. The van der Waals surface area contributed by atoms with Crippen LogP contribution in [-0.4, -0.2) is 11.7 Å². The number of allylic oxidation sites excluding steroid dienone is 1. The standard InChI is InChI=1S/C15H12BrNO2S/c1-10(18)17-12-4-2-3-11(9-12)14(19)7-5-13-6-8-15(16)20-13/h2-9H,1H3,(H,17,18)/b7-5+. The van der Waals surface area contributed by atoms with Crippen molar-refractivity contribution in [2.24, 2.45) is 0 Å². The second-order valence-corrected chi connectivity index (χ2v) is 6.60. The predicted molar refractivity (Wildman–Crippen MR) is 86.1 cm³/mol. The first-order valence-corrected chi connectivity index (χ1v) is 7.51. The molecule has 3 nitrogen and oxygen atoms in total. The third-order valence-corrected chi connectivity index (χ3v) is 4.05. The molecule has 0 radical (unpaired) electrons. The molecule has 20 heavy (non-hydrogen) atoms. The molecule has 0 unspecified atom stereocenters. The Labute approximate surface area is 129 Å². The van der Waals surface area contributed by atoms with E-state index in [1.807, 2.05) is 12.1 Å². The van der Waals surface area contributed by atoms with Crippen molar-refractivity contribution in [1.82, 2.24) is 0 Å². The van der Waals surface area contributed by atoms with E-state index in [4.69, 9.17) is 0 Å². The SMILES string of the molecule is CC(=O)Nc1cccc(C(=O)/C=C/c2ccc(Br)s2)c1. The molecule has 0 spiro atoms. The van der Waals surface area contributed by atoms with E-state index in [2.05, 4.69) is 21.2 Å². The third-order valence-electron chi connectivity index (χ3n) is 2.46. The van der Waals surface area contributed by atoms with Crippen LogP contribution in [0.5, 0.6) is 0 Å². The van der Waals surface area contributed by atoms with E-state index in [1.165, 1.54) is 13.0 Å². The fourth-order valence-electron chi connectivity index (χ4n) is 1.63. The molecule has 0 saturated heterocycles. The van der Waals surface area contributed by atoms with Crippen molar-refractivity contribution in [3.63, 3.8) is 0 Å². The summed E-state index contributed by atoms with van der Waals surface area (Å²) >= 11 is 4.93. The van der Waals surface area contributed by atoms with Gasteiger partial charge < -0.3 is 5.32 Å². The molecule has 1 amide bonds. The van der Waals surface area contributed by atoms with Crippen LogP contribution in [0.25, 0.3) is 6.08 Å². The van der Waals surface area contributed by atoms with Crippen LogP contribution in [0, 0.1) is 0 Å². The molecule has 0 aliphatic heterocycles. The molecule has 1 heterocycles. The van der Waals surface area contributed by atoms with E-state index >= 15 is 0 Å². The molecule has 1 aromatic heterocycles. The molecule has 2 rings (SSSR count). The average Bonchev–Trinajstić information content (AvgIpc) is 2.81. The van der Waals surface area contributed by atoms with Gasteiger partial charge in [-0.15, -0.1) is 11.3 Å². The van der Waals surface area contributed by atoms with Crippen LogP contribution in [0.15, 0.2) is 46.3 Å². The molecule has 0 aliphatic rings. The summed E-state index contributed by atoms with van der Waals surface area (Å²) in [7, 11) is 0. The first-order chi connectivity index (χ1) is 9.54. The largest absolute Gasteiger partial charge is 0.326 e. The molecule has 1 aromatic carbocycles. The maximum Gasteiger partial charge on any atom is 0.221 e. The molecule has 0 aliphatic carbocycles. The number of thiophene rings is 1. The van der Waals surface area contributed by atoms with Crippen molar-refractivity contribution in [1.29, 1.82) is 0 Å². The van der Waals surface area contributed by atoms with Gasteiger partial charge in [0.15, 0.2) is 5.78 Å². The summed E-state index contributed by atoms with van der Waals surface area (Å²) < 4.78 is 1.03. The molecular weight excluding hydrogens is 338 g/mol. The Morgan fingerprint density at radius 2 is 2.05 bits per heavy atom. The zero-order valence-corrected chi connectivity index (χ0v) is 13.1. The lowest BCUT2D eigenvalue weighted by atomic mass is 10.1. The summed E-state index contributed by atoms with van der Waals surface area (Å²) in [5.41, 5.74) is 1.17. The quantitative estimate of drug-likeness (QED) is 0.658. The Morgan fingerprint density at radius 1 is 1.25 bits per heavy atom. The molecule has 2 aromatic rings. The highest BCUT2D eigenvalue weighted by molar-refractivity contribution is 9.11. The van der Waals surface area contributed by atoms with Gasteiger partial charge in [-0.2, -0.15) is 0 Å². The Balaban J connectivity index is 2.12. The fourth-order valence-corrected chi connectivity index (χ4v) is 2.95. The minimum Gasteiger partial charge on any atom is -0.326 e. The van der Waals surface area contributed by atoms with Crippen LogP contribution in [0.4, 0.5) is 5.69 Å². The highest BCUT2D eigenvalue weighted by atomic mass is 79.9. The van der Waals surface area contributed by atoms with Gasteiger partial charge in [0.2, 0.25) is 5.91 Å².